The van der Waals surface area contributed by atoms with Crippen LogP contribution in [0.4, 0.5) is 0 Å². The van der Waals surface area contributed by atoms with Crippen molar-refractivity contribution >= 4 is 17.6 Å². The first-order valence-corrected chi connectivity index (χ1v) is 6.95. The normalized spacial score (nSPS) is 10.8. The zero-order valence-electron chi connectivity index (χ0n) is 11.8. The number of aromatic carboxylic acids is 1. The lowest BCUT2D eigenvalue weighted by atomic mass is 9.96. The maximum Gasteiger partial charge on any atom is 0.336 e. The molecule has 0 aliphatic carbocycles. The number of hydrogen-bond donors (Lipinski definition) is 1. The molecule has 106 valence electrons. The van der Waals surface area contributed by atoms with Crippen molar-refractivity contribution in [2.24, 2.45) is 7.05 Å². The zero-order chi connectivity index (χ0) is 14.9. The molecule has 5 heteroatoms. The third kappa shape index (κ3) is 2.43. The number of hydrogen-bond acceptors (Lipinski definition) is 2. The van der Waals surface area contributed by atoms with Gasteiger partial charge in [0.05, 0.1) is 11.3 Å². The summed E-state index contributed by atoms with van der Waals surface area (Å²) in [5.41, 5.74) is 3.77. The molecule has 1 heterocycles. The van der Waals surface area contributed by atoms with Gasteiger partial charge in [0.1, 0.15) is 0 Å². The smallest absolute Gasteiger partial charge is 0.336 e. The highest BCUT2D eigenvalue weighted by Gasteiger charge is 2.21. The summed E-state index contributed by atoms with van der Waals surface area (Å²) in [4.78, 5) is 11.5. The standard InChI is InChI=1S/C15H17ClN2O2/c1-4-12-14(13(5-2)18(3)17-12)10-7-6-9(16)8-11(10)15(19)20/h6-8H,4-5H2,1-3H3,(H,19,20). The Hall–Kier alpha value is -1.81. The van der Waals surface area contributed by atoms with Gasteiger partial charge in [0.25, 0.3) is 0 Å². The van der Waals surface area contributed by atoms with Crippen LogP contribution in [-0.4, -0.2) is 20.9 Å². The Morgan fingerprint density at radius 3 is 2.60 bits per heavy atom. The van der Waals surface area contributed by atoms with Gasteiger partial charge in [0.2, 0.25) is 0 Å². The minimum atomic E-state index is -0.976. The van der Waals surface area contributed by atoms with Crippen molar-refractivity contribution in [3.05, 3.63) is 40.2 Å². The topological polar surface area (TPSA) is 55.1 Å². The Bertz CT molecular complexity index is 662. The summed E-state index contributed by atoms with van der Waals surface area (Å²) >= 11 is 5.92. The SMILES string of the molecule is CCc1nn(C)c(CC)c1-c1ccc(Cl)cc1C(=O)O. The quantitative estimate of drug-likeness (QED) is 0.937. The summed E-state index contributed by atoms with van der Waals surface area (Å²) in [5.74, 6) is -0.976. The zero-order valence-corrected chi connectivity index (χ0v) is 12.5. The van der Waals surface area contributed by atoms with Gasteiger partial charge in [-0.3, -0.25) is 4.68 Å². The summed E-state index contributed by atoms with van der Waals surface area (Å²) in [7, 11) is 1.89. The molecule has 0 saturated carbocycles. The van der Waals surface area contributed by atoms with E-state index in [1.807, 2.05) is 25.6 Å². The number of carbonyl (C=O) groups is 1. The van der Waals surface area contributed by atoms with Gasteiger partial charge in [-0.05, 0) is 30.5 Å². The van der Waals surface area contributed by atoms with Crippen molar-refractivity contribution in [2.75, 3.05) is 0 Å². The van der Waals surface area contributed by atoms with Crippen molar-refractivity contribution in [1.82, 2.24) is 9.78 Å². The number of rotatable bonds is 4. The Kier molecular flexibility index (Phi) is 4.14. The van der Waals surface area contributed by atoms with Gasteiger partial charge >= 0.3 is 5.97 Å². The summed E-state index contributed by atoms with van der Waals surface area (Å²) in [6.45, 7) is 4.05. The lowest BCUT2D eigenvalue weighted by Gasteiger charge is -2.09. The molecule has 0 aliphatic heterocycles. The second kappa shape index (κ2) is 5.67. The number of halogens is 1. The lowest BCUT2D eigenvalue weighted by molar-refractivity contribution is 0.0697. The third-order valence-corrected chi connectivity index (χ3v) is 3.62. The molecule has 0 amide bonds. The van der Waals surface area contributed by atoms with E-state index in [-0.39, 0.29) is 5.56 Å². The fraction of sp³-hybridized carbons (Fsp3) is 0.333. The van der Waals surface area contributed by atoms with Gasteiger partial charge in [0.15, 0.2) is 0 Å². The molecule has 1 N–H and O–H groups in total. The number of carboxylic acid groups (broad SMARTS) is 1. The highest BCUT2D eigenvalue weighted by Crippen LogP contribution is 2.32. The fourth-order valence-electron chi connectivity index (χ4n) is 2.50. The minimum absolute atomic E-state index is 0.218. The molecule has 4 nitrogen and oxygen atoms in total. The highest BCUT2D eigenvalue weighted by molar-refractivity contribution is 6.31. The van der Waals surface area contributed by atoms with E-state index in [9.17, 15) is 9.90 Å². The number of aryl methyl sites for hydroxylation is 2. The van der Waals surface area contributed by atoms with Gasteiger partial charge in [-0.15, -0.1) is 0 Å². The predicted molar refractivity (Wildman–Crippen MR) is 79.4 cm³/mol. The first-order chi connectivity index (χ1) is 9.49. The van der Waals surface area contributed by atoms with E-state index < -0.39 is 5.97 Å². The van der Waals surface area contributed by atoms with E-state index in [0.29, 0.717) is 10.6 Å². The van der Waals surface area contributed by atoms with E-state index >= 15 is 0 Å². The summed E-state index contributed by atoms with van der Waals surface area (Å²) in [5, 5.41) is 14.3. The van der Waals surface area contributed by atoms with E-state index in [0.717, 1.165) is 29.8 Å². The molecule has 0 fully saturated rings. The average Bonchev–Trinajstić information content (AvgIpc) is 2.74. The fourth-order valence-corrected chi connectivity index (χ4v) is 2.67. The highest BCUT2D eigenvalue weighted by atomic mass is 35.5. The third-order valence-electron chi connectivity index (χ3n) is 3.39. The van der Waals surface area contributed by atoms with E-state index in [1.165, 1.54) is 6.07 Å². The monoisotopic (exact) mass is 292 g/mol. The molecule has 1 aromatic heterocycles. The molecule has 0 saturated heterocycles. The summed E-state index contributed by atoms with van der Waals surface area (Å²) in [6.07, 6.45) is 1.55. The second-order valence-electron chi connectivity index (χ2n) is 4.59. The predicted octanol–water partition coefficient (Wildman–Crippen LogP) is 3.56. The van der Waals surface area contributed by atoms with Crippen LogP contribution in [0.15, 0.2) is 18.2 Å². The van der Waals surface area contributed by atoms with Crippen molar-refractivity contribution in [1.29, 1.82) is 0 Å². The molecule has 0 aliphatic rings. The minimum Gasteiger partial charge on any atom is -0.478 e. The number of aromatic nitrogens is 2. The Morgan fingerprint density at radius 1 is 1.35 bits per heavy atom. The van der Waals surface area contributed by atoms with Crippen LogP contribution in [0.2, 0.25) is 5.02 Å². The van der Waals surface area contributed by atoms with Crippen LogP contribution in [-0.2, 0) is 19.9 Å². The lowest BCUT2D eigenvalue weighted by Crippen LogP contribution is -2.02. The molecule has 0 spiro atoms. The van der Waals surface area contributed by atoms with E-state index in [2.05, 4.69) is 5.10 Å². The second-order valence-corrected chi connectivity index (χ2v) is 5.03. The van der Waals surface area contributed by atoms with Crippen molar-refractivity contribution in [3.63, 3.8) is 0 Å². The molecule has 20 heavy (non-hydrogen) atoms. The maximum absolute atomic E-state index is 11.5. The first-order valence-electron chi connectivity index (χ1n) is 6.57. The van der Waals surface area contributed by atoms with E-state index in [4.69, 9.17) is 11.6 Å². The molecule has 0 bridgehead atoms. The number of benzene rings is 1. The van der Waals surface area contributed by atoms with Gasteiger partial charge in [-0.25, -0.2) is 4.79 Å². The van der Waals surface area contributed by atoms with Crippen LogP contribution in [0.5, 0.6) is 0 Å². The van der Waals surface area contributed by atoms with Crippen molar-refractivity contribution in [3.8, 4) is 11.1 Å². The van der Waals surface area contributed by atoms with Crippen LogP contribution in [0, 0.1) is 0 Å². The largest absolute Gasteiger partial charge is 0.478 e. The van der Waals surface area contributed by atoms with Crippen molar-refractivity contribution in [2.45, 2.75) is 26.7 Å². The maximum atomic E-state index is 11.5. The molecule has 0 unspecified atom stereocenters. The van der Waals surface area contributed by atoms with Crippen LogP contribution in [0.25, 0.3) is 11.1 Å². The molecule has 2 rings (SSSR count). The average molecular weight is 293 g/mol. The van der Waals surface area contributed by atoms with Crippen LogP contribution >= 0.6 is 11.6 Å². The van der Waals surface area contributed by atoms with Gasteiger partial charge in [0, 0.05) is 23.3 Å². The molecule has 0 radical (unpaired) electrons. The van der Waals surface area contributed by atoms with E-state index in [1.54, 1.807) is 12.1 Å². The van der Waals surface area contributed by atoms with Gasteiger partial charge < -0.3 is 5.11 Å². The Morgan fingerprint density at radius 2 is 2.05 bits per heavy atom. The molecule has 0 atom stereocenters. The molecule has 2 aromatic rings. The summed E-state index contributed by atoms with van der Waals surface area (Å²) in [6, 6.07) is 4.97. The number of nitrogens with zero attached hydrogens (tertiary/aromatic N) is 2. The van der Waals surface area contributed by atoms with Gasteiger partial charge in [-0.2, -0.15) is 5.10 Å². The Labute approximate surface area is 123 Å². The Balaban J connectivity index is 2.77. The van der Waals surface area contributed by atoms with Gasteiger partial charge in [-0.1, -0.05) is 31.5 Å². The number of carboxylic acids is 1. The van der Waals surface area contributed by atoms with Crippen LogP contribution in [0.1, 0.15) is 35.6 Å². The van der Waals surface area contributed by atoms with Crippen molar-refractivity contribution < 1.29 is 9.90 Å². The summed E-state index contributed by atoms with van der Waals surface area (Å²) < 4.78 is 1.83. The van der Waals surface area contributed by atoms with Crippen LogP contribution < -0.4 is 0 Å². The van der Waals surface area contributed by atoms with Crippen LogP contribution in [0.3, 0.4) is 0 Å². The molecule has 1 aromatic carbocycles. The molecular formula is C15H17ClN2O2. The molecular weight excluding hydrogens is 276 g/mol. The first kappa shape index (κ1) is 14.6.